The highest BCUT2D eigenvalue weighted by Crippen LogP contribution is 2.21. The van der Waals surface area contributed by atoms with E-state index in [2.05, 4.69) is 15.3 Å². The second kappa shape index (κ2) is 7.82. The van der Waals surface area contributed by atoms with Gasteiger partial charge in [0.15, 0.2) is 0 Å². The average molecular weight is 333 g/mol. The summed E-state index contributed by atoms with van der Waals surface area (Å²) in [5, 5.41) is 5.03. The first-order chi connectivity index (χ1) is 11.1. The van der Waals surface area contributed by atoms with Crippen molar-refractivity contribution in [1.29, 1.82) is 0 Å². The average Bonchev–Trinajstić information content (AvgIpc) is 3.09. The first-order valence-corrected chi connectivity index (χ1v) is 8.20. The number of hydrogen-bond donors (Lipinski definition) is 1. The fourth-order valence-corrected chi connectivity index (χ4v) is 2.77. The molecule has 23 heavy (non-hydrogen) atoms. The van der Waals surface area contributed by atoms with Crippen molar-refractivity contribution in [2.45, 2.75) is 26.3 Å². The number of hydrogen-bond acceptors (Lipinski definition) is 6. The van der Waals surface area contributed by atoms with Gasteiger partial charge in [-0.3, -0.25) is 9.78 Å². The molecule has 0 saturated carbocycles. The van der Waals surface area contributed by atoms with Crippen LogP contribution in [-0.4, -0.2) is 35.0 Å². The molecule has 122 valence electrons. The van der Waals surface area contributed by atoms with Gasteiger partial charge in [-0.1, -0.05) is 26.3 Å². The molecule has 0 aromatic carbocycles. The zero-order valence-electron chi connectivity index (χ0n) is 13.3. The van der Waals surface area contributed by atoms with Crippen LogP contribution in [0.15, 0.2) is 29.8 Å². The van der Waals surface area contributed by atoms with Crippen LogP contribution in [0.4, 0.5) is 0 Å². The molecule has 1 N–H and O–H groups in total. The Bertz CT molecular complexity index is 672. The summed E-state index contributed by atoms with van der Waals surface area (Å²) >= 11 is 1.34. The van der Waals surface area contributed by atoms with Crippen molar-refractivity contribution < 1.29 is 14.3 Å². The molecule has 1 amide bonds. The van der Waals surface area contributed by atoms with Gasteiger partial charge < -0.3 is 10.1 Å². The first kappa shape index (κ1) is 17.1. The summed E-state index contributed by atoms with van der Waals surface area (Å²) in [4.78, 5) is 32.7. The lowest BCUT2D eigenvalue weighted by molar-refractivity contribution is -0.144. The number of aromatic nitrogens is 2. The van der Waals surface area contributed by atoms with Gasteiger partial charge in [0.2, 0.25) is 0 Å². The lowest BCUT2D eigenvalue weighted by atomic mass is 9.99. The van der Waals surface area contributed by atoms with E-state index in [1.165, 1.54) is 18.4 Å². The van der Waals surface area contributed by atoms with Crippen LogP contribution in [0.25, 0.3) is 10.7 Å². The van der Waals surface area contributed by atoms with Crippen molar-refractivity contribution in [2.75, 3.05) is 7.11 Å². The number of carbonyl (C=O) groups is 2. The summed E-state index contributed by atoms with van der Waals surface area (Å²) in [6.45, 7) is 3.84. The zero-order valence-corrected chi connectivity index (χ0v) is 14.1. The van der Waals surface area contributed by atoms with Crippen LogP contribution in [0.5, 0.6) is 0 Å². The van der Waals surface area contributed by atoms with Gasteiger partial charge in [0.05, 0.1) is 12.8 Å². The van der Waals surface area contributed by atoms with Gasteiger partial charge in [0.25, 0.3) is 5.91 Å². The minimum Gasteiger partial charge on any atom is -0.467 e. The number of pyridine rings is 1. The predicted molar refractivity (Wildman–Crippen MR) is 88.1 cm³/mol. The Labute approximate surface area is 138 Å². The van der Waals surface area contributed by atoms with Crippen LogP contribution < -0.4 is 5.32 Å². The van der Waals surface area contributed by atoms with E-state index >= 15 is 0 Å². The first-order valence-electron chi connectivity index (χ1n) is 7.32. The fraction of sp³-hybridized carbons (Fsp3) is 0.375. The molecule has 0 aliphatic heterocycles. The zero-order chi connectivity index (χ0) is 16.8. The minimum atomic E-state index is -0.683. The topological polar surface area (TPSA) is 81.2 Å². The lowest BCUT2D eigenvalue weighted by Crippen LogP contribution is -2.45. The number of nitrogens with zero attached hydrogens (tertiary/aromatic N) is 2. The van der Waals surface area contributed by atoms with Crippen molar-refractivity contribution in [1.82, 2.24) is 15.3 Å². The van der Waals surface area contributed by atoms with Gasteiger partial charge >= 0.3 is 5.97 Å². The van der Waals surface area contributed by atoms with Crippen molar-refractivity contribution >= 4 is 23.2 Å². The molecule has 7 heteroatoms. The Morgan fingerprint density at radius 2 is 2.17 bits per heavy atom. The summed E-state index contributed by atoms with van der Waals surface area (Å²) in [7, 11) is 1.31. The van der Waals surface area contributed by atoms with Crippen molar-refractivity contribution in [2.24, 2.45) is 5.92 Å². The second-order valence-corrected chi connectivity index (χ2v) is 5.97. The monoisotopic (exact) mass is 333 g/mol. The summed E-state index contributed by atoms with van der Waals surface area (Å²) in [6.07, 6.45) is 2.42. The Balaban J connectivity index is 2.14. The molecule has 0 radical (unpaired) electrons. The van der Waals surface area contributed by atoms with Crippen LogP contribution in [0.2, 0.25) is 0 Å². The van der Waals surface area contributed by atoms with Crippen molar-refractivity contribution in [3.05, 3.63) is 35.5 Å². The number of methoxy groups -OCH3 is 1. The quantitative estimate of drug-likeness (QED) is 0.822. The highest BCUT2D eigenvalue weighted by atomic mass is 32.1. The Kier molecular flexibility index (Phi) is 5.81. The van der Waals surface area contributed by atoms with Crippen LogP contribution in [0.1, 0.15) is 30.8 Å². The number of ether oxygens (including phenoxy) is 1. The highest BCUT2D eigenvalue weighted by molar-refractivity contribution is 7.13. The minimum absolute atomic E-state index is 0.0275. The molecular formula is C16H19N3O3S. The molecule has 0 saturated heterocycles. The summed E-state index contributed by atoms with van der Waals surface area (Å²) in [5.74, 6) is -0.868. The second-order valence-electron chi connectivity index (χ2n) is 5.11. The standard InChI is InChI=1S/C16H19N3O3S/c1-4-10(2)13(16(21)22-3)19-14(20)12-9-23-15(18-12)11-7-5-6-8-17-11/h5-10,13H,4H2,1-3H3,(H,19,20)/t10-,13-/m0/s1. The van der Waals surface area contributed by atoms with E-state index in [0.29, 0.717) is 10.7 Å². The molecule has 0 aliphatic carbocycles. The van der Waals surface area contributed by atoms with E-state index in [0.717, 1.165) is 6.42 Å². The molecule has 0 fully saturated rings. The third kappa shape index (κ3) is 4.13. The van der Waals surface area contributed by atoms with E-state index in [9.17, 15) is 9.59 Å². The summed E-state index contributed by atoms with van der Waals surface area (Å²) in [6, 6.07) is 4.83. The molecule has 0 bridgehead atoms. The Morgan fingerprint density at radius 1 is 1.39 bits per heavy atom. The Morgan fingerprint density at radius 3 is 2.78 bits per heavy atom. The lowest BCUT2D eigenvalue weighted by Gasteiger charge is -2.21. The number of rotatable bonds is 6. The third-order valence-electron chi connectivity index (χ3n) is 3.58. The van der Waals surface area contributed by atoms with E-state index < -0.39 is 12.0 Å². The van der Waals surface area contributed by atoms with Gasteiger partial charge in [-0.25, -0.2) is 9.78 Å². The Hall–Kier alpha value is -2.28. The fourth-order valence-electron chi connectivity index (χ4n) is 2.00. The number of esters is 1. The van der Waals surface area contributed by atoms with Crippen LogP contribution in [0.3, 0.4) is 0 Å². The van der Waals surface area contributed by atoms with Gasteiger partial charge in [0.1, 0.15) is 16.7 Å². The molecule has 0 aliphatic rings. The molecule has 2 heterocycles. The maximum absolute atomic E-state index is 12.3. The van der Waals surface area contributed by atoms with Gasteiger partial charge in [-0.2, -0.15) is 0 Å². The van der Waals surface area contributed by atoms with Crippen LogP contribution in [0, 0.1) is 5.92 Å². The molecule has 2 aromatic rings. The van der Waals surface area contributed by atoms with Crippen molar-refractivity contribution in [3.8, 4) is 10.7 Å². The smallest absolute Gasteiger partial charge is 0.328 e. The number of thiazole rings is 1. The molecule has 0 unspecified atom stereocenters. The van der Waals surface area contributed by atoms with E-state index in [1.807, 2.05) is 32.0 Å². The maximum Gasteiger partial charge on any atom is 0.328 e. The van der Waals surface area contributed by atoms with E-state index in [4.69, 9.17) is 4.74 Å². The normalized spacial score (nSPS) is 13.2. The number of carbonyl (C=O) groups excluding carboxylic acids is 2. The predicted octanol–water partition coefficient (Wildman–Crippen LogP) is 2.52. The van der Waals surface area contributed by atoms with Gasteiger partial charge in [0, 0.05) is 11.6 Å². The molecular weight excluding hydrogens is 314 g/mol. The molecule has 6 nitrogen and oxygen atoms in total. The molecule has 2 rings (SSSR count). The molecule has 2 atom stereocenters. The maximum atomic E-state index is 12.3. The SMILES string of the molecule is CC[C@H](C)[C@H](NC(=O)c1csc(-c2ccccn2)n1)C(=O)OC. The largest absolute Gasteiger partial charge is 0.467 e. The number of nitrogens with one attached hydrogen (secondary N) is 1. The van der Waals surface area contributed by atoms with Gasteiger partial charge in [-0.15, -0.1) is 11.3 Å². The van der Waals surface area contributed by atoms with Crippen LogP contribution in [-0.2, 0) is 9.53 Å². The van der Waals surface area contributed by atoms with E-state index in [1.54, 1.807) is 11.6 Å². The third-order valence-corrected chi connectivity index (χ3v) is 4.44. The van der Waals surface area contributed by atoms with E-state index in [-0.39, 0.29) is 17.5 Å². The molecule has 0 spiro atoms. The van der Waals surface area contributed by atoms with Gasteiger partial charge in [-0.05, 0) is 18.1 Å². The number of amides is 1. The summed E-state index contributed by atoms with van der Waals surface area (Å²) in [5.41, 5.74) is 0.982. The highest BCUT2D eigenvalue weighted by Gasteiger charge is 2.27. The van der Waals surface area contributed by atoms with Crippen molar-refractivity contribution in [3.63, 3.8) is 0 Å². The molecule has 2 aromatic heterocycles. The van der Waals surface area contributed by atoms with Crippen LogP contribution >= 0.6 is 11.3 Å². The summed E-state index contributed by atoms with van der Waals surface area (Å²) < 4.78 is 4.77.